The topological polar surface area (TPSA) is 69.2 Å². The molecular weight excluding hydrogens is 256 g/mol. The lowest BCUT2D eigenvalue weighted by molar-refractivity contribution is 0.212. The van der Waals surface area contributed by atoms with E-state index in [1.54, 1.807) is 0 Å². The lowest BCUT2D eigenvalue weighted by Crippen LogP contribution is -2.13. The largest absolute Gasteiger partial charge is 0.463 e. The van der Waals surface area contributed by atoms with Crippen molar-refractivity contribution in [2.45, 2.75) is 53.6 Å². The van der Waals surface area contributed by atoms with Gasteiger partial charge in [0.05, 0.1) is 12.7 Å². The first kappa shape index (κ1) is 16.5. The van der Waals surface area contributed by atoms with Crippen LogP contribution in [0.25, 0.3) is 0 Å². The Morgan fingerprint density at radius 1 is 1.05 bits per heavy atom. The first-order valence-corrected chi connectivity index (χ1v) is 7.30. The van der Waals surface area contributed by atoms with E-state index in [9.17, 15) is 0 Å². The number of rotatable bonds is 9. The van der Waals surface area contributed by atoms with Gasteiger partial charge < -0.3 is 14.8 Å². The van der Waals surface area contributed by atoms with Crippen LogP contribution in [-0.2, 0) is 0 Å². The summed E-state index contributed by atoms with van der Waals surface area (Å²) >= 11 is 0. The summed E-state index contributed by atoms with van der Waals surface area (Å²) in [7, 11) is 0. The van der Waals surface area contributed by atoms with E-state index in [0.717, 1.165) is 19.4 Å². The van der Waals surface area contributed by atoms with Crippen molar-refractivity contribution in [2.75, 3.05) is 18.5 Å². The van der Waals surface area contributed by atoms with Crippen LogP contribution in [0.4, 0.5) is 5.95 Å². The van der Waals surface area contributed by atoms with Crippen molar-refractivity contribution in [3.63, 3.8) is 0 Å². The average Bonchev–Trinajstić information content (AvgIpc) is 2.34. The molecule has 1 aromatic heterocycles. The summed E-state index contributed by atoms with van der Waals surface area (Å²) in [6.45, 7) is 11.6. The molecule has 0 aromatic carbocycles. The fourth-order valence-corrected chi connectivity index (χ4v) is 1.56. The van der Waals surface area contributed by atoms with Crippen molar-refractivity contribution in [1.29, 1.82) is 0 Å². The van der Waals surface area contributed by atoms with Gasteiger partial charge in [-0.1, -0.05) is 13.8 Å². The molecular formula is C14H26N4O2. The molecule has 0 aliphatic heterocycles. The molecule has 0 saturated heterocycles. The molecule has 0 amide bonds. The Labute approximate surface area is 121 Å². The maximum absolute atomic E-state index is 5.58. The Kier molecular flexibility index (Phi) is 7.04. The van der Waals surface area contributed by atoms with Gasteiger partial charge in [-0.3, -0.25) is 0 Å². The fraction of sp³-hybridized carbons (Fsp3) is 0.786. The van der Waals surface area contributed by atoms with E-state index in [2.05, 4.69) is 34.1 Å². The summed E-state index contributed by atoms with van der Waals surface area (Å²) in [4.78, 5) is 12.6. The van der Waals surface area contributed by atoms with Crippen LogP contribution >= 0.6 is 0 Å². The van der Waals surface area contributed by atoms with E-state index < -0.39 is 0 Å². The number of anilines is 1. The summed E-state index contributed by atoms with van der Waals surface area (Å²) in [6.07, 6.45) is 2.13. The van der Waals surface area contributed by atoms with Crippen molar-refractivity contribution in [2.24, 2.45) is 5.92 Å². The van der Waals surface area contributed by atoms with Crippen LogP contribution in [0.1, 0.15) is 47.5 Å². The molecule has 1 heterocycles. The summed E-state index contributed by atoms with van der Waals surface area (Å²) in [5, 5.41) is 3.05. The molecule has 0 radical (unpaired) electrons. The quantitative estimate of drug-likeness (QED) is 0.702. The van der Waals surface area contributed by atoms with Crippen molar-refractivity contribution in [3.05, 3.63) is 0 Å². The van der Waals surface area contributed by atoms with Gasteiger partial charge in [-0.25, -0.2) is 0 Å². The average molecular weight is 282 g/mol. The van der Waals surface area contributed by atoms with Crippen LogP contribution < -0.4 is 14.8 Å². The number of nitrogens with one attached hydrogen (secondary N) is 1. The van der Waals surface area contributed by atoms with Crippen LogP contribution in [0.5, 0.6) is 12.0 Å². The van der Waals surface area contributed by atoms with E-state index in [0.29, 0.717) is 30.5 Å². The molecule has 6 nitrogen and oxygen atoms in total. The molecule has 114 valence electrons. The Bertz CT molecular complexity index is 397. The number of ether oxygens (including phenoxy) is 2. The zero-order chi connectivity index (χ0) is 15.0. The highest BCUT2D eigenvalue weighted by molar-refractivity contribution is 5.27. The standard InChI is InChI=1S/C14H26N4O2/c1-6-15-12-16-13(19-9-7-8-10(2)3)18-14(17-12)20-11(4)5/h10-11H,6-9H2,1-5H3,(H,15,16,17,18). The van der Waals surface area contributed by atoms with E-state index in [1.165, 1.54) is 0 Å². The van der Waals surface area contributed by atoms with Crippen molar-refractivity contribution in [1.82, 2.24) is 15.0 Å². The normalized spacial score (nSPS) is 10.9. The molecule has 20 heavy (non-hydrogen) atoms. The van der Waals surface area contributed by atoms with Crippen LogP contribution in [0.3, 0.4) is 0 Å². The van der Waals surface area contributed by atoms with Gasteiger partial charge in [-0.2, -0.15) is 9.97 Å². The molecule has 1 rings (SSSR count). The van der Waals surface area contributed by atoms with Gasteiger partial charge in [0.1, 0.15) is 0 Å². The summed E-state index contributed by atoms with van der Waals surface area (Å²) in [5.74, 6) is 1.16. The van der Waals surface area contributed by atoms with Gasteiger partial charge in [0.25, 0.3) is 0 Å². The van der Waals surface area contributed by atoms with Crippen LogP contribution in [-0.4, -0.2) is 34.2 Å². The summed E-state index contributed by atoms with van der Waals surface area (Å²) < 4.78 is 11.1. The van der Waals surface area contributed by atoms with Crippen molar-refractivity contribution < 1.29 is 9.47 Å². The first-order chi connectivity index (χ1) is 9.51. The highest BCUT2D eigenvalue weighted by Gasteiger charge is 2.09. The van der Waals surface area contributed by atoms with E-state index in [-0.39, 0.29) is 6.10 Å². The maximum Gasteiger partial charge on any atom is 0.324 e. The zero-order valence-corrected chi connectivity index (χ0v) is 13.1. The molecule has 1 aromatic rings. The van der Waals surface area contributed by atoms with E-state index in [1.807, 2.05) is 20.8 Å². The number of nitrogens with zero attached hydrogens (tertiary/aromatic N) is 3. The predicted octanol–water partition coefficient (Wildman–Crippen LogP) is 2.91. The van der Waals surface area contributed by atoms with Crippen LogP contribution in [0, 0.1) is 5.92 Å². The third-order valence-electron chi connectivity index (χ3n) is 2.43. The second-order valence-electron chi connectivity index (χ2n) is 5.31. The van der Waals surface area contributed by atoms with Crippen LogP contribution in [0.15, 0.2) is 0 Å². The SMILES string of the molecule is CCNc1nc(OCCCC(C)C)nc(OC(C)C)n1. The molecule has 0 unspecified atom stereocenters. The molecule has 0 aliphatic rings. The minimum Gasteiger partial charge on any atom is -0.463 e. The highest BCUT2D eigenvalue weighted by atomic mass is 16.5. The summed E-state index contributed by atoms with van der Waals surface area (Å²) in [6, 6.07) is 0.611. The van der Waals surface area contributed by atoms with Crippen molar-refractivity contribution >= 4 is 5.95 Å². The van der Waals surface area contributed by atoms with Crippen LogP contribution in [0.2, 0.25) is 0 Å². The van der Waals surface area contributed by atoms with Gasteiger partial charge >= 0.3 is 12.0 Å². The summed E-state index contributed by atoms with van der Waals surface area (Å²) in [5.41, 5.74) is 0. The Balaban J connectivity index is 2.65. The highest BCUT2D eigenvalue weighted by Crippen LogP contribution is 2.14. The molecule has 0 fully saturated rings. The molecule has 0 spiro atoms. The molecule has 0 atom stereocenters. The van der Waals surface area contributed by atoms with Gasteiger partial charge in [0.15, 0.2) is 0 Å². The maximum atomic E-state index is 5.58. The molecule has 0 bridgehead atoms. The smallest absolute Gasteiger partial charge is 0.324 e. The molecule has 0 saturated carbocycles. The molecule has 1 N–H and O–H groups in total. The number of aromatic nitrogens is 3. The Morgan fingerprint density at radius 2 is 1.75 bits per heavy atom. The zero-order valence-electron chi connectivity index (χ0n) is 13.1. The Morgan fingerprint density at radius 3 is 2.35 bits per heavy atom. The van der Waals surface area contributed by atoms with E-state index in [4.69, 9.17) is 9.47 Å². The van der Waals surface area contributed by atoms with Gasteiger partial charge in [-0.05, 0) is 39.5 Å². The number of hydrogen-bond donors (Lipinski definition) is 1. The minimum atomic E-state index is 0.0145. The predicted molar refractivity (Wildman–Crippen MR) is 79.3 cm³/mol. The second-order valence-corrected chi connectivity index (χ2v) is 5.31. The Hall–Kier alpha value is -1.59. The fourth-order valence-electron chi connectivity index (χ4n) is 1.56. The van der Waals surface area contributed by atoms with Gasteiger partial charge in [0.2, 0.25) is 5.95 Å². The third-order valence-corrected chi connectivity index (χ3v) is 2.43. The van der Waals surface area contributed by atoms with Crippen molar-refractivity contribution in [3.8, 4) is 12.0 Å². The lowest BCUT2D eigenvalue weighted by Gasteiger charge is -2.11. The number of hydrogen-bond acceptors (Lipinski definition) is 6. The minimum absolute atomic E-state index is 0.0145. The molecule has 6 heteroatoms. The van der Waals surface area contributed by atoms with E-state index >= 15 is 0 Å². The first-order valence-electron chi connectivity index (χ1n) is 7.30. The van der Waals surface area contributed by atoms with Gasteiger partial charge in [0, 0.05) is 6.54 Å². The second kappa shape index (κ2) is 8.55. The third kappa shape index (κ3) is 6.54. The van der Waals surface area contributed by atoms with Gasteiger partial charge in [-0.15, -0.1) is 4.98 Å². The lowest BCUT2D eigenvalue weighted by atomic mass is 10.1. The monoisotopic (exact) mass is 282 g/mol. The molecule has 0 aliphatic carbocycles.